The smallest absolute Gasteiger partial charge is 0.272 e. The van der Waals surface area contributed by atoms with Crippen LogP contribution in [0.15, 0.2) is 30.5 Å². The van der Waals surface area contributed by atoms with Crippen LogP contribution in [0.1, 0.15) is 42.1 Å². The Bertz CT molecular complexity index is 812. The number of fused-ring (bicyclic) bond motifs is 1. The summed E-state index contributed by atoms with van der Waals surface area (Å²) in [5.74, 6) is 0.0721. The van der Waals surface area contributed by atoms with Crippen molar-refractivity contribution in [3.63, 3.8) is 0 Å². The lowest BCUT2D eigenvalue weighted by Gasteiger charge is -2.30. The highest BCUT2D eigenvalue weighted by Crippen LogP contribution is 2.16. The van der Waals surface area contributed by atoms with Gasteiger partial charge in [0.2, 0.25) is 5.91 Å². The molecule has 1 atom stereocenters. The molecule has 0 saturated heterocycles. The zero-order valence-corrected chi connectivity index (χ0v) is 18.2. The Morgan fingerprint density at radius 3 is 2.66 bits per heavy atom. The summed E-state index contributed by atoms with van der Waals surface area (Å²) >= 11 is 0. The molecule has 10 heteroatoms. The Morgan fingerprint density at radius 1 is 1.24 bits per heavy atom. The first kappa shape index (κ1) is 24.9. The van der Waals surface area contributed by atoms with Crippen molar-refractivity contribution in [1.82, 2.24) is 25.0 Å². The van der Waals surface area contributed by atoms with Crippen molar-refractivity contribution in [1.29, 1.82) is 0 Å². The van der Waals surface area contributed by atoms with Gasteiger partial charge in [-0.15, -0.1) is 24.8 Å². The number of nitrogens with one attached hydrogen (secondary N) is 1. The highest BCUT2D eigenvalue weighted by Gasteiger charge is 2.27. The average Bonchev–Trinajstić information content (AvgIpc) is 3.09. The van der Waals surface area contributed by atoms with Gasteiger partial charge in [-0.2, -0.15) is 5.10 Å². The summed E-state index contributed by atoms with van der Waals surface area (Å²) in [5, 5.41) is 7.19. The number of carbonyl (C=O) groups excluding carboxylic acids is 2. The minimum Gasteiger partial charge on any atom is -0.345 e. The third-order valence-electron chi connectivity index (χ3n) is 4.54. The minimum atomic E-state index is -0.486. The van der Waals surface area contributed by atoms with Crippen LogP contribution in [0.2, 0.25) is 0 Å². The molecule has 1 aliphatic heterocycles. The second-order valence-corrected chi connectivity index (χ2v) is 7.24. The zero-order valence-electron chi connectivity index (χ0n) is 16.6. The van der Waals surface area contributed by atoms with E-state index in [1.54, 1.807) is 21.8 Å². The fraction of sp³-hybridized carbons (Fsp3) is 0.474. The summed E-state index contributed by atoms with van der Waals surface area (Å²) in [7, 11) is 0. The number of nitrogens with two attached hydrogens (primary N) is 1. The molecule has 1 aliphatic rings. The molecule has 0 fully saturated rings. The molecule has 0 unspecified atom stereocenters. The Kier molecular flexibility index (Phi) is 9.55. The zero-order chi connectivity index (χ0) is 19.4. The molecule has 0 radical (unpaired) electrons. The first-order chi connectivity index (χ1) is 12.9. The summed E-state index contributed by atoms with van der Waals surface area (Å²) in [6.45, 7) is 5.97. The van der Waals surface area contributed by atoms with Gasteiger partial charge in [0.25, 0.3) is 5.91 Å². The van der Waals surface area contributed by atoms with E-state index in [1.165, 1.54) is 0 Å². The summed E-state index contributed by atoms with van der Waals surface area (Å²) in [6.07, 6.45) is 2.35. The van der Waals surface area contributed by atoms with E-state index in [0.29, 0.717) is 44.2 Å². The number of hydrogen-bond donors (Lipinski definition) is 2. The van der Waals surface area contributed by atoms with Crippen molar-refractivity contribution in [2.24, 2.45) is 11.7 Å². The van der Waals surface area contributed by atoms with Crippen LogP contribution >= 0.6 is 24.8 Å². The van der Waals surface area contributed by atoms with Gasteiger partial charge in [-0.25, -0.2) is 0 Å². The lowest BCUT2D eigenvalue weighted by Crippen LogP contribution is -2.47. The predicted molar refractivity (Wildman–Crippen MR) is 115 cm³/mol. The van der Waals surface area contributed by atoms with E-state index >= 15 is 0 Å². The summed E-state index contributed by atoms with van der Waals surface area (Å²) in [6, 6.07) is 6.80. The van der Waals surface area contributed by atoms with E-state index in [4.69, 9.17) is 5.73 Å². The van der Waals surface area contributed by atoms with E-state index in [0.717, 1.165) is 11.4 Å². The van der Waals surface area contributed by atoms with Gasteiger partial charge in [0.05, 0.1) is 37.1 Å². The van der Waals surface area contributed by atoms with E-state index in [2.05, 4.69) is 15.4 Å². The standard InChI is InChI=1S/C19H26N6O2.2ClH/c1-13(2)9-16(20)19(27)24-7-8-25-15(12-24)10-17(23-25)18(26)22-11-14-5-3-4-6-21-14;;/h3-6,10,13,16H,7-9,11-12,20H2,1-2H3,(H,22,26);2*1H/t16-;;/m0../s1. The van der Waals surface area contributed by atoms with Gasteiger partial charge >= 0.3 is 0 Å². The van der Waals surface area contributed by atoms with Crippen molar-refractivity contribution < 1.29 is 9.59 Å². The highest BCUT2D eigenvalue weighted by atomic mass is 35.5. The molecule has 29 heavy (non-hydrogen) atoms. The molecular formula is C19H28Cl2N6O2. The molecule has 0 aliphatic carbocycles. The van der Waals surface area contributed by atoms with E-state index in [9.17, 15) is 9.59 Å². The third kappa shape index (κ3) is 6.42. The maximum absolute atomic E-state index is 12.5. The number of amides is 2. The van der Waals surface area contributed by atoms with Crippen molar-refractivity contribution in [3.05, 3.63) is 47.5 Å². The minimum absolute atomic E-state index is 0. The van der Waals surface area contributed by atoms with Gasteiger partial charge in [-0.3, -0.25) is 19.3 Å². The molecule has 8 nitrogen and oxygen atoms in total. The number of nitrogens with zero attached hydrogens (tertiary/aromatic N) is 4. The van der Waals surface area contributed by atoms with Gasteiger partial charge in [0, 0.05) is 12.7 Å². The number of carbonyl (C=O) groups is 2. The maximum atomic E-state index is 12.5. The molecule has 160 valence electrons. The number of hydrogen-bond acceptors (Lipinski definition) is 5. The van der Waals surface area contributed by atoms with Crippen LogP contribution in [-0.2, 0) is 24.4 Å². The number of rotatable bonds is 6. The Labute approximate surface area is 183 Å². The SMILES string of the molecule is CC(C)C[C@H](N)C(=O)N1CCn2nc(C(=O)NCc3ccccn3)cc2C1.Cl.Cl. The summed E-state index contributed by atoms with van der Waals surface area (Å²) < 4.78 is 1.79. The molecular weight excluding hydrogens is 415 g/mol. The second kappa shape index (κ2) is 11.1. The monoisotopic (exact) mass is 442 g/mol. The first-order valence-electron chi connectivity index (χ1n) is 9.23. The molecule has 2 aromatic rings. The van der Waals surface area contributed by atoms with Crippen molar-refractivity contribution in [3.8, 4) is 0 Å². The predicted octanol–water partition coefficient (Wildman–Crippen LogP) is 1.77. The largest absolute Gasteiger partial charge is 0.345 e. The molecule has 0 saturated carbocycles. The molecule has 0 bridgehead atoms. The molecule has 2 amide bonds. The number of pyridine rings is 1. The molecule has 3 heterocycles. The van der Waals surface area contributed by atoms with E-state index in [1.807, 2.05) is 32.0 Å². The summed E-state index contributed by atoms with van der Waals surface area (Å²) in [5.41, 5.74) is 8.01. The van der Waals surface area contributed by atoms with Gasteiger partial charge < -0.3 is 16.0 Å². The molecule has 2 aromatic heterocycles. The molecule has 0 aromatic carbocycles. The third-order valence-corrected chi connectivity index (χ3v) is 4.54. The quantitative estimate of drug-likeness (QED) is 0.708. The topological polar surface area (TPSA) is 106 Å². The average molecular weight is 443 g/mol. The van der Waals surface area contributed by atoms with E-state index < -0.39 is 6.04 Å². The Balaban J connectivity index is 0.00000210. The van der Waals surface area contributed by atoms with Crippen molar-refractivity contribution >= 4 is 36.6 Å². The molecule has 3 rings (SSSR count). The number of halogens is 2. The van der Waals surface area contributed by atoms with Crippen LogP contribution in [-0.4, -0.2) is 44.1 Å². The van der Waals surface area contributed by atoms with Crippen molar-refractivity contribution in [2.45, 2.75) is 45.9 Å². The Hall–Kier alpha value is -2.16. The molecule has 3 N–H and O–H groups in total. The van der Waals surface area contributed by atoms with Gasteiger partial charge in [0.1, 0.15) is 0 Å². The van der Waals surface area contributed by atoms with Crippen molar-refractivity contribution in [2.75, 3.05) is 6.54 Å². The summed E-state index contributed by atoms with van der Waals surface area (Å²) in [4.78, 5) is 30.8. The van der Waals surface area contributed by atoms with Crippen LogP contribution in [0.25, 0.3) is 0 Å². The van der Waals surface area contributed by atoms with Gasteiger partial charge in [-0.05, 0) is 30.5 Å². The van der Waals surface area contributed by atoms with Gasteiger partial charge in [0.15, 0.2) is 5.69 Å². The van der Waals surface area contributed by atoms with Crippen LogP contribution in [0, 0.1) is 5.92 Å². The highest BCUT2D eigenvalue weighted by molar-refractivity contribution is 5.92. The lowest BCUT2D eigenvalue weighted by molar-refractivity contribution is -0.134. The van der Waals surface area contributed by atoms with E-state index in [-0.39, 0.29) is 36.6 Å². The maximum Gasteiger partial charge on any atom is 0.272 e. The van der Waals surface area contributed by atoms with Gasteiger partial charge in [-0.1, -0.05) is 19.9 Å². The van der Waals surface area contributed by atoms with Crippen LogP contribution in [0.3, 0.4) is 0 Å². The Morgan fingerprint density at radius 2 is 2.00 bits per heavy atom. The van der Waals surface area contributed by atoms with Crippen LogP contribution in [0.5, 0.6) is 0 Å². The fourth-order valence-corrected chi connectivity index (χ4v) is 3.17. The fourth-order valence-electron chi connectivity index (χ4n) is 3.17. The van der Waals surface area contributed by atoms with Crippen LogP contribution < -0.4 is 11.1 Å². The lowest BCUT2D eigenvalue weighted by atomic mass is 10.0. The normalized spacial score (nSPS) is 13.7. The first-order valence-corrected chi connectivity index (χ1v) is 9.23. The number of aromatic nitrogens is 3. The van der Waals surface area contributed by atoms with Crippen LogP contribution in [0.4, 0.5) is 0 Å². The second-order valence-electron chi connectivity index (χ2n) is 7.24. The molecule has 0 spiro atoms.